The summed E-state index contributed by atoms with van der Waals surface area (Å²) in [5.41, 5.74) is 1.33. The predicted molar refractivity (Wildman–Crippen MR) is 135 cm³/mol. The summed E-state index contributed by atoms with van der Waals surface area (Å²) in [6, 6.07) is 10.5. The van der Waals surface area contributed by atoms with Crippen LogP contribution in [0.1, 0.15) is 47.5 Å². The number of aromatic nitrogens is 1. The number of hydrogen-bond acceptors (Lipinski definition) is 6. The topological polar surface area (TPSA) is 84.0 Å². The van der Waals surface area contributed by atoms with E-state index < -0.39 is 0 Å². The number of pyridine rings is 1. The van der Waals surface area contributed by atoms with Gasteiger partial charge < -0.3 is 19.7 Å². The molecule has 8 nitrogen and oxygen atoms in total. The fourth-order valence-corrected chi connectivity index (χ4v) is 4.50. The molecule has 0 unspecified atom stereocenters. The second-order valence-corrected chi connectivity index (χ2v) is 9.87. The molecule has 1 aromatic carbocycles. The van der Waals surface area contributed by atoms with Crippen LogP contribution < -0.4 is 10.1 Å². The Morgan fingerprint density at radius 2 is 2.00 bits per heavy atom. The summed E-state index contributed by atoms with van der Waals surface area (Å²) in [5, 5.41) is 2.86. The third-order valence-electron chi connectivity index (χ3n) is 6.92. The molecule has 0 bridgehead atoms. The standard InChI is InChI=1S/C27H36N4O4/c1-18-14-31(15-20-8-9-20)19(2)17-35-24-13-21(29-26(32)23-7-5-6-12-28-23)10-11-22(24)27(33)30(3)16-25(18)34-4/h5-7,10-13,18-20,25H,8-9,14-17H2,1-4H3,(H,29,32)/t18-,19-,25-/m1/s1. The Labute approximate surface area is 207 Å². The second-order valence-electron chi connectivity index (χ2n) is 9.87. The lowest BCUT2D eigenvalue weighted by molar-refractivity contribution is 0.00994. The van der Waals surface area contributed by atoms with Crippen LogP contribution in [0.15, 0.2) is 42.6 Å². The number of likely N-dealkylation sites (N-methyl/N-ethyl adjacent to an activating group) is 1. The number of hydrogen-bond donors (Lipinski definition) is 1. The lowest BCUT2D eigenvalue weighted by Crippen LogP contribution is -2.47. The molecule has 1 saturated carbocycles. The number of anilines is 1. The Bertz CT molecular complexity index is 1030. The number of rotatable bonds is 5. The van der Waals surface area contributed by atoms with Gasteiger partial charge in [-0.15, -0.1) is 0 Å². The van der Waals surface area contributed by atoms with Gasteiger partial charge >= 0.3 is 0 Å². The number of methoxy groups -OCH3 is 1. The monoisotopic (exact) mass is 480 g/mol. The maximum Gasteiger partial charge on any atom is 0.274 e. The first-order chi connectivity index (χ1) is 16.9. The molecule has 35 heavy (non-hydrogen) atoms. The number of nitrogens with one attached hydrogen (secondary N) is 1. The number of ether oxygens (including phenoxy) is 2. The van der Waals surface area contributed by atoms with Crippen molar-refractivity contribution in [3.63, 3.8) is 0 Å². The molecule has 2 aromatic rings. The van der Waals surface area contributed by atoms with Crippen LogP contribution in [-0.2, 0) is 4.74 Å². The van der Waals surface area contributed by atoms with E-state index in [1.54, 1.807) is 61.7 Å². The fraction of sp³-hybridized carbons (Fsp3) is 0.519. The first-order valence-electron chi connectivity index (χ1n) is 12.4. The molecule has 1 N–H and O–H groups in total. The van der Waals surface area contributed by atoms with Crippen molar-refractivity contribution in [1.29, 1.82) is 0 Å². The van der Waals surface area contributed by atoms with Crippen LogP contribution in [-0.4, -0.2) is 79.1 Å². The van der Waals surface area contributed by atoms with E-state index in [9.17, 15) is 9.59 Å². The van der Waals surface area contributed by atoms with Gasteiger partial charge in [0.1, 0.15) is 18.1 Å². The number of nitrogens with zero attached hydrogens (tertiary/aromatic N) is 3. The van der Waals surface area contributed by atoms with E-state index in [4.69, 9.17) is 9.47 Å². The molecule has 1 fully saturated rings. The number of amides is 2. The summed E-state index contributed by atoms with van der Waals surface area (Å²) >= 11 is 0. The average Bonchev–Trinajstić information content (AvgIpc) is 3.69. The minimum atomic E-state index is -0.317. The highest BCUT2D eigenvalue weighted by Gasteiger charge is 2.31. The largest absolute Gasteiger partial charge is 0.491 e. The van der Waals surface area contributed by atoms with E-state index in [2.05, 4.69) is 29.0 Å². The molecular weight excluding hydrogens is 444 g/mol. The van der Waals surface area contributed by atoms with Crippen molar-refractivity contribution in [2.45, 2.75) is 38.8 Å². The van der Waals surface area contributed by atoms with Gasteiger partial charge in [-0.3, -0.25) is 19.5 Å². The fourth-order valence-electron chi connectivity index (χ4n) is 4.50. The lowest BCUT2D eigenvalue weighted by atomic mass is 10.0. The minimum Gasteiger partial charge on any atom is -0.491 e. The molecule has 2 aliphatic rings. The van der Waals surface area contributed by atoms with Gasteiger partial charge in [0.2, 0.25) is 0 Å². The third-order valence-corrected chi connectivity index (χ3v) is 6.92. The maximum atomic E-state index is 13.4. The number of carbonyl (C=O) groups is 2. The van der Waals surface area contributed by atoms with Crippen molar-refractivity contribution in [3.05, 3.63) is 53.9 Å². The van der Waals surface area contributed by atoms with Crippen LogP contribution in [0.4, 0.5) is 5.69 Å². The van der Waals surface area contributed by atoms with Crippen LogP contribution in [0.25, 0.3) is 0 Å². The Hall–Kier alpha value is -2.97. The zero-order valence-electron chi connectivity index (χ0n) is 21.1. The highest BCUT2D eigenvalue weighted by molar-refractivity contribution is 6.03. The Balaban J connectivity index is 1.60. The molecule has 4 rings (SSSR count). The van der Waals surface area contributed by atoms with E-state index in [0.29, 0.717) is 35.8 Å². The average molecular weight is 481 g/mol. The van der Waals surface area contributed by atoms with Crippen LogP contribution in [0, 0.1) is 11.8 Å². The molecular formula is C27H36N4O4. The molecule has 188 valence electrons. The molecule has 2 amide bonds. The van der Waals surface area contributed by atoms with E-state index in [-0.39, 0.29) is 29.9 Å². The number of benzene rings is 1. The summed E-state index contributed by atoms with van der Waals surface area (Å²) in [7, 11) is 3.51. The molecule has 0 spiro atoms. The highest BCUT2D eigenvalue weighted by atomic mass is 16.5. The van der Waals surface area contributed by atoms with Crippen molar-refractivity contribution in [2.24, 2.45) is 11.8 Å². The quantitative estimate of drug-likeness (QED) is 0.705. The Kier molecular flexibility index (Phi) is 8.03. The molecule has 3 atom stereocenters. The van der Waals surface area contributed by atoms with E-state index in [1.807, 2.05) is 0 Å². The number of carbonyl (C=O) groups excluding carboxylic acids is 2. The van der Waals surface area contributed by atoms with Crippen LogP contribution in [0.5, 0.6) is 5.75 Å². The van der Waals surface area contributed by atoms with Crippen molar-refractivity contribution < 1.29 is 19.1 Å². The molecule has 1 aliphatic carbocycles. The highest BCUT2D eigenvalue weighted by Crippen LogP contribution is 2.32. The molecule has 0 saturated heterocycles. The van der Waals surface area contributed by atoms with Gasteiger partial charge in [0.05, 0.1) is 11.7 Å². The summed E-state index contributed by atoms with van der Waals surface area (Å²) in [4.78, 5) is 34.2. The van der Waals surface area contributed by atoms with Crippen LogP contribution >= 0.6 is 0 Å². The van der Waals surface area contributed by atoms with Gasteiger partial charge in [-0.2, -0.15) is 0 Å². The van der Waals surface area contributed by atoms with Crippen molar-refractivity contribution in [3.8, 4) is 5.75 Å². The predicted octanol–water partition coefficient (Wildman–Crippen LogP) is 3.55. The smallest absolute Gasteiger partial charge is 0.274 e. The van der Waals surface area contributed by atoms with Crippen LogP contribution in [0.2, 0.25) is 0 Å². The van der Waals surface area contributed by atoms with Gasteiger partial charge in [-0.05, 0) is 55.9 Å². The van der Waals surface area contributed by atoms with Gasteiger partial charge in [0.15, 0.2) is 0 Å². The van der Waals surface area contributed by atoms with Crippen molar-refractivity contribution in [1.82, 2.24) is 14.8 Å². The summed E-state index contributed by atoms with van der Waals surface area (Å²) in [6.07, 6.45) is 4.07. The zero-order valence-corrected chi connectivity index (χ0v) is 21.1. The van der Waals surface area contributed by atoms with Gasteiger partial charge in [-0.25, -0.2) is 0 Å². The van der Waals surface area contributed by atoms with E-state index in [1.165, 1.54) is 12.8 Å². The Morgan fingerprint density at radius 3 is 2.69 bits per heavy atom. The molecule has 2 heterocycles. The molecule has 8 heteroatoms. The first-order valence-corrected chi connectivity index (χ1v) is 12.4. The summed E-state index contributed by atoms with van der Waals surface area (Å²) < 4.78 is 12.1. The van der Waals surface area contributed by atoms with E-state index in [0.717, 1.165) is 19.0 Å². The van der Waals surface area contributed by atoms with E-state index >= 15 is 0 Å². The summed E-state index contributed by atoms with van der Waals surface area (Å²) in [5.74, 6) is 1.02. The first kappa shape index (κ1) is 25.1. The zero-order chi connectivity index (χ0) is 24.9. The third kappa shape index (κ3) is 6.38. The number of fused-ring (bicyclic) bond motifs is 1. The van der Waals surface area contributed by atoms with Crippen LogP contribution in [0.3, 0.4) is 0 Å². The maximum absolute atomic E-state index is 13.4. The molecule has 1 aromatic heterocycles. The van der Waals surface area contributed by atoms with Gasteiger partial charge in [-0.1, -0.05) is 13.0 Å². The lowest BCUT2D eigenvalue weighted by Gasteiger charge is -2.36. The van der Waals surface area contributed by atoms with Gasteiger partial charge in [0, 0.05) is 57.8 Å². The van der Waals surface area contributed by atoms with Gasteiger partial charge in [0.25, 0.3) is 11.8 Å². The van der Waals surface area contributed by atoms with Crippen molar-refractivity contribution in [2.75, 3.05) is 45.7 Å². The normalized spacial score (nSPS) is 24.1. The molecule has 1 aliphatic heterocycles. The SMILES string of the molecule is CO[C@@H]1CN(C)C(=O)c2ccc(NC(=O)c3ccccn3)cc2OC[C@@H](C)N(CC2CC2)C[C@H]1C. The minimum absolute atomic E-state index is 0.0708. The summed E-state index contributed by atoms with van der Waals surface area (Å²) in [6.45, 7) is 7.22. The van der Waals surface area contributed by atoms with Crippen molar-refractivity contribution >= 4 is 17.5 Å². The molecule has 0 radical (unpaired) electrons. The Morgan fingerprint density at radius 1 is 1.20 bits per heavy atom. The second kappa shape index (κ2) is 11.2.